The minimum Gasteiger partial charge on any atom is -0.394 e. The second kappa shape index (κ2) is 8.69. The number of hydrogen-bond acceptors (Lipinski definition) is 3. The summed E-state index contributed by atoms with van der Waals surface area (Å²) in [5.41, 5.74) is 0.908. The highest BCUT2D eigenvalue weighted by Crippen LogP contribution is 2.10. The van der Waals surface area contributed by atoms with Crippen LogP contribution in [0.2, 0.25) is 5.02 Å². The summed E-state index contributed by atoms with van der Waals surface area (Å²) < 4.78 is 5.01. The summed E-state index contributed by atoms with van der Waals surface area (Å²) in [5.74, 6) is -0.183. The molecule has 0 aliphatic carbocycles. The maximum absolute atomic E-state index is 11.4. The van der Waals surface area contributed by atoms with Gasteiger partial charge in [0.15, 0.2) is 0 Å². The van der Waals surface area contributed by atoms with Gasteiger partial charge in [0.05, 0.1) is 19.8 Å². The zero-order valence-corrected chi connectivity index (χ0v) is 10.7. The van der Waals surface area contributed by atoms with E-state index in [9.17, 15) is 4.79 Å². The summed E-state index contributed by atoms with van der Waals surface area (Å²) in [6.07, 6.45) is 3.16. The van der Waals surface area contributed by atoms with Crippen LogP contribution < -0.4 is 5.32 Å². The largest absolute Gasteiger partial charge is 0.394 e. The fraction of sp³-hybridized carbons (Fsp3) is 0.308. The van der Waals surface area contributed by atoms with Gasteiger partial charge in [-0.15, -0.1) is 0 Å². The molecular formula is C13H16ClNO3. The van der Waals surface area contributed by atoms with Crippen LogP contribution in [0.15, 0.2) is 30.3 Å². The molecular weight excluding hydrogens is 254 g/mol. The zero-order valence-electron chi connectivity index (χ0n) is 9.93. The molecule has 0 saturated carbocycles. The molecule has 18 heavy (non-hydrogen) atoms. The van der Waals surface area contributed by atoms with Crippen molar-refractivity contribution in [3.8, 4) is 0 Å². The molecule has 0 saturated heterocycles. The molecule has 0 aliphatic heterocycles. The van der Waals surface area contributed by atoms with Crippen LogP contribution in [0, 0.1) is 0 Å². The Morgan fingerprint density at radius 2 is 2.06 bits per heavy atom. The number of hydrogen-bond donors (Lipinski definition) is 2. The van der Waals surface area contributed by atoms with Gasteiger partial charge >= 0.3 is 0 Å². The lowest BCUT2D eigenvalue weighted by molar-refractivity contribution is -0.116. The van der Waals surface area contributed by atoms with E-state index in [1.165, 1.54) is 6.08 Å². The number of carbonyl (C=O) groups is 1. The van der Waals surface area contributed by atoms with E-state index in [2.05, 4.69) is 5.32 Å². The lowest BCUT2D eigenvalue weighted by Gasteiger charge is -2.02. The Bertz CT molecular complexity index is 390. The van der Waals surface area contributed by atoms with Crippen LogP contribution >= 0.6 is 11.6 Å². The molecule has 1 rings (SSSR count). The second-order valence-corrected chi connectivity index (χ2v) is 3.95. The number of carbonyl (C=O) groups excluding carboxylic acids is 1. The smallest absolute Gasteiger partial charge is 0.244 e. The fourth-order valence-corrected chi connectivity index (χ4v) is 1.34. The van der Waals surface area contributed by atoms with Gasteiger partial charge in [0.2, 0.25) is 5.91 Å². The average molecular weight is 270 g/mol. The summed E-state index contributed by atoms with van der Waals surface area (Å²) in [6, 6.07) is 7.19. The lowest BCUT2D eigenvalue weighted by Crippen LogP contribution is -2.25. The number of rotatable bonds is 7. The minimum absolute atomic E-state index is 0.00951. The van der Waals surface area contributed by atoms with Crippen molar-refractivity contribution in [3.05, 3.63) is 40.9 Å². The monoisotopic (exact) mass is 269 g/mol. The number of benzene rings is 1. The number of aliphatic hydroxyl groups excluding tert-OH is 1. The van der Waals surface area contributed by atoms with E-state index >= 15 is 0 Å². The highest BCUT2D eigenvalue weighted by Gasteiger charge is 1.95. The van der Waals surface area contributed by atoms with E-state index in [0.29, 0.717) is 18.2 Å². The number of amides is 1. The van der Waals surface area contributed by atoms with Gasteiger partial charge in [-0.1, -0.05) is 23.7 Å². The van der Waals surface area contributed by atoms with E-state index in [1.807, 2.05) is 12.1 Å². The molecule has 0 fully saturated rings. The normalized spacial score (nSPS) is 10.8. The minimum atomic E-state index is -0.183. The molecule has 0 aromatic heterocycles. The Morgan fingerprint density at radius 3 is 2.72 bits per heavy atom. The van der Waals surface area contributed by atoms with Crippen molar-refractivity contribution >= 4 is 23.6 Å². The Kier molecular flexibility index (Phi) is 7.10. The quantitative estimate of drug-likeness (QED) is 0.582. The van der Waals surface area contributed by atoms with Gasteiger partial charge in [-0.3, -0.25) is 4.79 Å². The molecule has 0 aliphatic rings. The Labute approximate surface area is 111 Å². The number of aliphatic hydroxyl groups is 1. The summed E-state index contributed by atoms with van der Waals surface area (Å²) in [7, 11) is 0. The highest BCUT2D eigenvalue weighted by molar-refractivity contribution is 6.30. The SMILES string of the molecule is O=C(/C=C/c1ccc(Cl)cc1)NCCOCCO. The van der Waals surface area contributed by atoms with Gasteiger partial charge in [0, 0.05) is 17.6 Å². The van der Waals surface area contributed by atoms with Gasteiger partial charge in [0.25, 0.3) is 0 Å². The summed E-state index contributed by atoms with van der Waals surface area (Å²) >= 11 is 5.75. The first kappa shape index (κ1) is 14.7. The molecule has 4 nitrogen and oxygen atoms in total. The molecule has 5 heteroatoms. The summed E-state index contributed by atoms with van der Waals surface area (Å²) in [4.78, 5) is 11.4. The first-order valence-corrected chi connectivity index (χ1v) is 6.00. The van der Waals surface area contributed by atoms with E-state index in [0.717, 1.165) is 5.56 Å². The Hall–Kier alpha value is -1.36. The van der Waals surface area contributed by atoms with E-state index in [-0.39, 0.29) is 19.1 Å². The third-order valence-electron chi connectivity index (χ3n) is 2.08. The van der Waals surface area contributed by atoms with Crippen LogP contribution in [0.4, 0.5) is 0 Å². The van der Waals surface area contributed by atoms with Crippen LogP contribution in [0.5, 0.6) is 0 Å². The molecule has 1 aromatic rings. The van der Waals surface area contributed by atoms with Crippen LogP contribution in [-0.4, -0.2) is 37.4 Å². The maximum Gasteiger partial charge on any atom is 0.244 e. The standard InChI is InChI=1S/C13H16ClNO3/c14-12-4-1-11(2-5-12)3-6-13(17)15-7-9-18-10-8-16/h1-6,16H,7-10H2,(H,15,17)/b6-3+. The summed E-state index contributed by atoms with van der Waals surface area (Å²) in [5, 5.41) is 11.8. The molecule has 0 bridgehead atoms. The number of halogens is 1. The molecule has 0 spiro atoms. The van der Waals surface area contributed by atoms with Gasteiger partial charge in [-0.05, 0) is 23.8 Å². The van der Waals surface area contributed by atoms with Crippen molar-refractivity contribution in [1.29, 1.82) is 0 Å². The molecule has 0 radical (unpaired) electrons. The fourth-order valence-electron chi connectivity index (χ4n) is 1.22. The maximum atomic E-state index is 11.4. The van der Waals surface area contributed by atoms with Crippen molar-refractivity contribution in [3.63, 3.8) is 0 Å². The third kappa shape index (κ3) is 6.39. The predicted octanol–water partition coefficient (Wildman–Crippen LogP) is 1.48. The topological polar surface area (TPSA) is 58.6 Å². The Balaban J connectivity index is 2.25. The molecule has 0 unspecified atom stereocenters. The zero-order chi connectivity index (χ0) is 13.2. The van der Waals surface area contributed by atoms with Crippen molar-refractivity contribution in [2.45, 2.75) is 0 Å². The molecule has 1 amide bonds. The van der Waals surface area contributed by atoms with Gasteiger partial charge in [-0.2, -0.15) is 0 Å². The molecule has 1 aromatic carbocycles. The molecule has 0 atom stereocenters. The third-order valence-corrected chi connectivity index (χ3v) is 2.33. The molecule has 2 N–H and O–H groups in total. The van der Waals surface area contributed by atoms with E-state index in [1.54, 1.807) is 18.2 Å². The molecule has 0 heterocycles. The van der Waals surface area contributed by atoms with E-state index < -0.39 is 0 Å². The van der Waals surface area contributed by atoms with Gasteiger partial charge in [0.1, 0.15) is 0 Å². The number of nitrogens with one attached hydrogen (secondary N) is 1. The van der Waals surface area contributed by atoms with Crippen molar-refractivity contribution in [2.75, 3.05) is 26.4 Å². The van der Waals surface area contributed by atoms with Gasteiger partial charge in [-0.25, -0.2) is 0 Å². The first-order valence-electron chi connectivity index (χ1n) is 5.62. The molecule has 98 valence electrons. The van der Waals surface area contributed by atoms with E-state index in [4.69, 9.17) is 21.4 Å². The number of ether oxygens (including phenoxy) is 1. The van der Waals surface area contributed by atoms with Crippen molar-refractivity contribution in [2.24, 2.45) is 0 Å². The first-order chi connectivity index (χ1) is 8.72. The lowest BCUT2D eigenvalue weighted by atomic mass is 10.2. The second-order valence-electron chi connectivity index (χ2n) is 3.51. The average Bonchev–Trinajstić information content (AvgIpc) is 2.38. The van der Waals surface area contributed by atoms with Crippen LogP contribution in [0.25, 0.3) is 6.08 Å². The van der Waals surface area contributed by atoms with Gasteiger partial charge < -0.3 is 15.2 Å². The van der Waals surface area contributed by atoms with Crippen LogP contribution in [0.3, 0.4) is 0 Å². The van der Waals surface area contributed by atoms with Crippen LogP contribution in [0.1, 0.15) is 5.56 Å². The van der Waals surface area contributed by atoms with Crippen molar-refractivity contribution < 1.29 is 14.6 Å². The predicted molar refractivity (Wildman–Crippen MR) is 71.4 cm³/mol. The van der Waals surface area contributed by atoms with Crippen LogP contribution in [-0.2, 0) is 9.53 Å². The van der Waals surface area contributed by atoms with Crippen molar-refractivity contribution in [1.82, 2.24) is 5.32 Å². The summed E-state index contributed by atoms with van der Waals surface area (Å²) in [6.45, 7) is 1.09. The Morgan fingerprint density at radius 1 is 1.33 bits per heavy atom. The highest BCUT2D eigenvalue weighted by atomic mass is 35.5.